The van der Waals surface area contributed by atoms with E-state index in [1.54, 1.807) is 7.11 Å². The van der Waals surface area contributed by atoms with Gasteiger partial charge in [0, 0.05) is 33.5 Å². The van der Waals surface area contributed by atoms with E-state index in [-0.39, 0.29) is 0 Å². The lowest BCUT2D eigenvalue weighted by molar-refractivity contribution is 0.110. The molecule has 27 heavy (non-hydrogen) atoms. The summed E-state index contributed by atoms with van der Waals surface area (Å²) in [6.07, 6.45) is 20.1. The minimum absolute atomic E-state index is 0.325. The van der Waals surface area contributed by atoms with E-state index in [2.05, 4.69) is 12.2 Å². The fourth-order valence-corrected chi connectivity index (χ4v) is 3.34. The lowest BCUT2D eigenvalue weighted by Crippen LogP contribution is -2.26. The van der Waals surface area contributed by atoms with E-state index >= 15 is 0 Å². The van der Waals surface area contributed by atoms with Crippen molar-refractivity contribution in [2.24, 2.45) is 0 Å². The minimum atomic E-state index is 0.325. The Balaban J connectivity index is 0.000000501. The Morgan fingerprint density at radius 2 is 1.52 bits per heavy atom. The lowest BCUT2D eigenvalue weighted by atomic mass is 10.1. The van der Waals surface area contributed by atoms with Gasteiger partial charge in [0.15, 0.2) is 0 Å². The smallest absolute Gasteiger partial charge is 0.0700 e. The highest BCUT2D eigenvalue weighted by Gasteiger charge is 2.13. The van der Waals surface area contributed by atoms with Crippen LogP contribution < -0.4 is 5.32 Å². The molecule has 4 heteroatoms. The normalized spacial score (nSPS) is 16.3. The molecule has 164 valence electrons. The van der Waals surface area contributed by atoms with Crippen LogP contribution in [0.1, 0.15) is 103 Å². The molecule has 0 bridgehead atoms. The lowest BCUT2D eigenvalue weighted by Gasteiger charge is -2.10. The van der Waals surface area contributed by atoms with E-state index in [4.69, 9.17) is 14.6 Å². The third-order valence-corrected chi connectivity index (χ3v) is 5.11. The maximum atomic E-state index is 8.55. The molecule has 0 aliphatic carbocycles. The molecule has 4 nitrogen and oxygen atoms in total. The second-order valence-corrected chi connectivity index (χ2v) is 7.80. The summed E-state index contributed by atoms with van der Waals surface area (Å²) in [5, 5.41) is 11.9. The molecule has 0 radical (unpaired) electrons. The van der Waals surface area contributed by atoms with Crippen LogP contribution >= 0.6 is 0 Å². The van der Waals surface area contributed by atoms with Gasteiger partial charge in [0.1, 0.15) is 0 Å². The van der Waals surface area contributed by atoms with Crippen LogP contribution in [0.25, 0.3) is 0 Å². The van der Waals surface area contributed by atoms with Crippen molar-refractivity contribution in [2.75, 3.05) is 40.0 Å². The number of hydrogen-bond donors (Lipinski definition) is 2. The molecule has 0 aromatic rings. The molecular weight excluding hydrogens is 338 g/mol. The molecular formula is C23H49NO3. The summed E-state index contributed by atoms with van der Waals surface area (Å²) in [5.41, 5.74) is 0. The summed E-state index contributed by atoms with van der Waals surface area (Å²) in [6.45, 7) is 6.54. The fraction of sp³-hybridized carbons (Fsp3) is 1.00. The molecule has 1 heterocycles. The summed E-state index contributed by atoms with van der Waals surface area (Å²) >= 11 is 0. The van der Waals surface area contributed by atoms with Gasteiger partial charge in [0.2, 0.25) is 0 Å². The number of nitrogens with one attached hydrogen (secondary N) is 1. The summed E-state index contributed by atoms with van der Waals surface area (Å²) < 4.78 is 10.5. The van der Waals surface area contributed by atoms with Gasteiger partial charge in [0.05, 0.1) is 6.10 Å². The van der Waals surface area contributed by atoms with Gasteiger partial charge in [-0.05, 0) is 45.1 Å². The first-order valence-electron chi connectivity index (χ1n) is 11.8. The molecule has 1 unspecified atom stereocenters. The Labute approximate surface area is 169 Å². The fourth-order valence-electron chi connectivity index (χ4n) is 3.34. The van der Waals surface area contributed by atoms with Crippen LogP contribution in [0, 0.1) is 0 Å². The van der Waals surface area contributed by atoms with Crippen molar-refractivity contribution in [3.8, 4) is 0 Å². The van der Waals surface area contributed by atoms with E-state index in [1.807, 2.05) is 0 Å². The zero-order valence-corrected chi connectivity index (χ0v) is 18.5. The number of aliphatic hydroxyl groups excluding tert-OH is 1. The summed E-state index contributed by atoms with van der Waals surface area (Å²) in [5.74, 6) is 0. The average molecular weight is 388 g/mol. The molecule has 1 fully saturated rings. The van der Waals surface area contributed by atoms with Crippen LogP contribution in [-0.4, -0.2) is 51.2 Å². The Bertz CT molecular complexity index is 246. The Morgan fingerprint density at radius 1 is 0.889 bits per heavy atom. The van der Waals surface area contributed by atoms with Gasteiger partial charge >= 0.3 is 0 Å². The first-order chi connectivity index (χ1) is 13.3. The zero-order chi connectivity index (χ0) is 19.8. The monoisotopic (exact) mass is 387 g/mol. The van der Waals surface area contributed by atoms with Crippen molar-refractivity contribution in [2.45, 2.75) is 109 Å². The molecule has 2 N–H and O–H groups in total. The van der Waals surface area contributed by atoms with Crippen LogP contribution in [0.3, 0.4) is 0 Å². The van der Waals surface area contributed by atoms with Gasteiger partial charge in [-0.15, -0.1) is 0 Å². The largest absolute Gasteiger partial charge is 0.396 e. The molecule has 1 saturated heterocycles. The molecule has 0 aromatic carbocycles. The van der Waals surface area contributed by atoms with Gasteiger partial charge in [-0.2, -0.15) is 0 Å². The van der Waals surface area contributed by atoms with E-state index in [0.717, 1.165) is 45.6 Å². The maximum Gasteiger partial charge on any atom is 0.0700 e. The number of ether oxygens (including phenoxy) is 2. The summed E-state index contributed by atoms with van der Waals surface area (Å²) in [6, 6.07) is 0. The minimum Gasteiger partial charge on any atom is -0.396 e. The van der Waals surface area contributed by atoms with E-state index in [1.165, 1.54) is 77.0 Å². The molecule has 0 saturated carbocycles. The number of unbranched alkanes of at least 4 members (excludes halogenated alkanes) is 11. The van der Waals surface area contributed by atoms with Crippen molar-refractivity contribution in [3.63, 3.8) is 0 Å². The van der Waals surface area contributed by atoms with Gasteiger partial charge < -0.3 is 19.9 Å². The first kappa shape index (κ1) is 26.8. The van der Waals surface area contributed by atoms with Crippen LogP contribution in [0.2, 0.25) is 0 Å². The van der Waals surface area contributed by atoms with Crippen LogP contribution in [0.15, 0.2) is 0 Å². The molecule has 1 atom stereocenters. The highest BCUT2D eigenvalue weighted by atomic mass is 16.5. The second-order valence-electron chi connectivity index (χ2n) is 7.80. The quantitative estimate of drug-likeness (QED) is 0.306. The highest BCUT2D eigenvalue weighted by Crippen LogP contribution is 2.11. The van der Waals surface area contributed by atoms with E-state index in [0.29, 0.717) is 12.7 Å². The van der Waals surface area contributed by atoms with Crippen LogP contribution in [0.4, 0.5) is 0 Å². The van der Waals surface area contributed by atoms with Crippen molar-refractivity contribution < 1.29 is 14.6 Å². The SMILES string of the molecule is CCCCCCCCCCCCOC.OCCCCCNCC1CCCO1. The van der Waals surface area contributed by atoms with Gasteiger partial charge in [-0.1, -0.05) is 64.7 Å². The van der Waals surface area contributed by atoms with Gasteiger partial charge in [0.25, 0.3) is 0 Å². The first-order valence-corrected chi connectivity index (χ1v) is 11.8. The predicted molar refractivity (Wildman–Crippen MR) is 117 cm³/mol. The van der Waals surface area contributed by atoms with E-state index in [9.17, 15) is 0 Å². The molecule has 1 aliphatic rings. The average Bonchev–Trinajstić information content (AvgIpc) is 3.20. The summed E-state index contributed by atoms with van der Waals surface area (Å²) in [4.78, 5) is 0. The van der Waals surface area contributed by atoms with Crippen molar-refractivity contribution in [1.82, 2.24) is 5.32 Å². The Morgan fingerprint density at radius 3 is 2.07 bits per heavy atom. The van der Waals surface area contributed by atoms with Gasteiger partial charge in [-0.25, -0.2) is 0 Å². The predicted octanol–water partition coefficient (Wildman–Crippen LogP) is 5.47. The Kier molecular flexibility index (Phi) is 23.7. The van der Waals surface area contributed by atoms with Crippen molar-refractivity contribution in [1.29, 1.82) is 0 Å². The third-order valence-electron chi connectivity index (χ3n) is 5.11. The maximum absolute atomic E-state index is 8.55. The van der Waals surface area contributed by atoms with Crippen molar-refractivity contribution in [3.05, 3.63) is 0 Å². The van der Waals surface area contributed by atoms with Crippen molar-refractivity contribution >= 4 is 0 Å². The molecule has 0 aromatic heterocycles. The van der Waals surface area contributed by atoms with Crippen LogP contribution in [0.5, 0.6) is 0 Å². The number of rotatable bonds is 18. The number of aliphatic hydroxyl groups is 1. The van der Waals surface area contributed by atoms with Crippen LogP contribution in [-0.2, 0) is 9.47 Å². The van der Waals surface area contributed by atoms with E-state index < -0.39 is 0 Å². The third kappa shape index (κ3) is 22.0. The molecule has 0 spiro atoms. The topological polar surface area (TPSA) is 50.7 Å². The molecule has 1 aliphatic heterocycles. The zero-order valence-electron chi connectivity index (χ0n) is 18.5. The second kappa shape index (κ2) is 23.9. The number of hydrogen-bond acceptors (Lipinski definition) is 4. The summed E-state index contributed by atoms with van der Waals surface area (Å²) in [7, 11) is 1.79. The van der Waals surface area contributed by atoms with Gasteiger partial charge in [-0.3, -0.25) is 0 Å². The Hall–Kier alpha value is -0.160. The highest BCUT2D eigenvalue weighted by molar-refractivity contribution is 4.67. The standard InChI is InChI=1S/C13H28O.C10H21NO2/c1-3-4-5-6-7-8-9-10-11-12-13-14-2;12-7-3-1-2-6-11-9-10-5-4-8-13-10/h3-13H2,1-2H3;10-12H,1-9H2. The number of methoxy groups -OCH3 is 1. The molecule has 1 rings (SSSR count). The molecule has 0 amide bonds.